The fourth-order valence-corrected chi connectivity index (χ4v) is 2.65. The quantitative estimate of drug-likeness (QED) is 0.619. The lowest BCUT2D eigenvalue weighted by molar-refractivity contribution is -0.380. The molecule has 1 rings (SSSR count). The summed E-state index contributed by atoms with van der Waals surface area (Å²) >= 11 is 0.769. The molecule has 2 N–H and O–H groups in total. The van der Waals surface area contributed by atoms with Crippen molar-refractivity contribution >= 4 is 28.2 Å². The molecule has 7 nitrogen and oxygen atoms in total. The van der Waals surface area contributed by atoms with E-state index in [0.29, 0.717) is 6.42 Å². The summed E-state index contributed by atoms with van der Waals surface area (Å²) in [6.07, 6.45) is 0.314. The van der Waals surface area contributed by atoms with Gasteiger partial charge in [-0.3, -0.25) is 19.7 Å². The lowest BCUT2D eigenvalue weighted by Crippen LogP contribution is -2.38. The number of hydrogen-bond acceptors (Lipinski definition) is 5. The first-order chi connectivity index (χ1) is 9.58. The molecular formula is C13H18N2O5S. The number of aliphatic carboxylic acids is 1. The molecule has 1 aromatic heterocycles. The van der Waals surface area contributed by atoms with Crippen LogP contribution < -0.4 is 5.32 Å². The van der Waals surface area contributed by atoms with E-state index in [-0.39, 0.29) is 21.7 Å². The molecule has 0 radical (unpaired) electrons. The highest BCUT2D eigenvalue weighted by Crippen LogP contribution is 2.25. The van der Waals surface area contributed by atoms with E-state index in [2.05, 4.69) is 5.32 Å². The largest absolute Gasteiger partial charge is 0.481 e. The maximum atomic E-state index is 12.0. The number of nitrogens with zero attached hydrogens (tertiary/aromatic N) is 1. The molecule has 1 unspecified atom stereocenters. The van der Waals surface area contributed by atoms with Crippen LogP contribution in [0.4, 0.5) is 5.00 Å². The van der Waals surface area contributed by atoms with E-state index in [1.165, 1.54) is 12.1 Å². The monoisotopic (exact) mass is 314 g/mol. The van der Waals surface area contributed by atoms with Gasteiger partial charge < -0.3 is 10.4 Å². The summed E-state index contributed by atoms with van der Waals surface area (Å²) in [5, 5.41) is 22.0. The molecule has 1 atom stereocenters. The summed E-state index contributed by atoms with van der Waals surface area (Å²) in [6, 6.07) is 2.11. The smallest absolute Gasteiger partial charge is 0.324 e. The molecule has 0 aliphatic heterocycles. The van der Waals surface area contributed by atoms with E-state index >= 15 is 0 Å². The summed E-state index contributed by atoms with van der Waals surface area (Å²) < 4.78 is 0. The van der Waals surface area contributed by atoms with Crippen molar-refractivity contribution in [3.05, 3.63) is 27.1 Å². The van der Waals surface area contributed by atoms with E-state index in [4.69, 9.17) is 5.11 Å². The molecule has 21 heavy (non-hydrogen) atoms. The van der Waals surface area contributed by atoms with Crippen LogP contribution in [-0.4, -0.2) is 27.9 Å². The average molecular weight is 314 g/mol. The van der Waals surface area contributed by atoms with Gasteiger partial charge in [0, 0.05) is 12.1 Å². The van der Waals surface area contributed by atoms with Crippen molar-refractivity contribution in [3.63, 3.8) is 0 Å². The standard InChI is InChI=1S/C13H18N2O5S/c1-13(2,3)7-8(6-11(16)17)14-12(18)9-4-5-10(21-9)15(19)20/h4-5,8H,6-7H2,1-3H3,(H,14,18)(H,16,17). The Morgan fingerprint density at radius 3 is 2.48 bits per heavy atom. The van der Waals surface area contributed by atoms with E-state index in [1.54, 1.807) is 0 Å². The van der Waals surface area contributed by atoms with Crippen molar-refractivity contribution in [3.8, 4) is 0 Å². The van der Waals surface area contributed by atoms with Crippen LogP contribution >= 0.6 is 11.3 Å². The molecule has 8 heteroatoms. The second kappa shape index (κ2) is 6.66. The molecule has 0 aliphatic rings. The molecule has 1 aromatic rings. The molecule has 0 fully saturated rings. The van der Waals surface area contributed by atoms with Gasteiger partial charge in [-0.15, -0.1) is 0 Å². The molecule has 116 valence electrons. The lowest BCUT2D eigenvalue weighted by Gasteiger charge is -2.25. The van der Waals surface area contributed by atoms with Crippen LogP contribution in [0.15, 0.2) is 12.1 Å². The van der Waals surface area contributed by atoms with Crippen molar-refractivity contribution < 1.29 is 19.6 Å². The number of rotatable bonds is 6. The Labute approximate surface area is 126 Å². The van der Waals surface area contributed by atoms with Gasteiger partial charge >= 0.3 is 11.0 Å². The molecule has 0 aromatic carbocycles. The Hall–Kier alpha value is -1.96. The molecule has 1 amide bonds. The molecule has 0 saturated carbocycles. The maximum Gasteiger partial charge on any atom is 0.324 e. The van der Waals surface area contributed by atoms with Gasteiger partial charge in [0.25, 0.3) is 5.91 Å². The zero-order valence-corrected chi connectivity index (χ0v) is 12.9. The van der Waals surface area contributed by atoms with Crippen molar-refractivity contribution in [2.24, 2.45) is 5.41 Å². The molecular weight excluding hydrogens is 296 g/mol. The predicted octanol–water partition coefficient (Wildman–Crippen LogP) is 2.67. The Morgan fingerprint density at radius 1 is 1.43 bits per heavy atom. The minimum atomic E-state index is -0.998. The minimum absolute atomic E-state index is 0.120. The molecule has 0 aliphatic carbocycles. The van der Waals surface area contributed by atoms with Crippen LogP contribution in [0.5, 0.6) is 0 Å². The van der Waals surface area contributed by atoms with Crippen molar-refractivity contribution in [2.75, 3.05) is 0 Å². The van der Waals surface area contributed by atoms with Gasteiger partial charge in [-0.1, -0.05) is 32.1 Å². The third-order valence-electron chi connectivity index (χ3n) is 2.61. The second-order valence-electron chi connectivity index (χ2n) is 5.93. The van der Waals surface area contributed by atoms with Gasteiger partial charge in [0.1, 0.15) is 0 Å². The zero-order chi connectivity index (χ0) is 16.2. The number of carbonyl (C=O) groups is 2. The van der Waals surface area contributed by atoms with E-state index < -0.39 is 22.8 Å². The molecule has 1 heterocycles. The number of thiophene rings is 1. The van der Waals surface area contributed by atoms with Crippen molar-refractivity contribution in [2.45, 2.75) is 39.7 Å². The van der Waals surface area contributed by atoms with Gasteiger partial charge in [0.15, 0.2) is 0 Å². The molecule has 0 spiro atoms. The fraction of sp³-hybridized carbons (Fsp3) is 0.538. The number of nitrogens with one attached hydrogen (secondary N) is 1. The van der Waals surface area contributed by atoms with Crippen molar-refractivity contribution in [1.82, 2.24) is 5.32 Å². The third kappa shape index (κ3) is 5.90. The highest BCUT2D eigenvalue weighted by Gasteiger charge is 2.24. The van der Waals surface area contributed by atoms with Crippen LogP contribution in [0, 0.1) is 15.5 Å². The van der Waals surface area contributed by atoms with Crippen molar-refractivity contribution in [1.29, 1.82) is 0 Å². The minimum Gasteiger partial charge on any atom is -0.481 e. The van der Waals surface area contributed by atoms with Crippen LogP contribution in [0.3, 0.4) is 0 Å². The molecule has 0 saturated heterocycles. The average Bonchev–Trinajstić information content (AvgIpc) is 2.74. The summed E-state index contributed by atoms with van der Waals surface area (Å²) in [5.74, 6) is -1.48. The van der Waals surface area contributed by atoms with E-state index in [0.717, 1.165) is 11.3 Å². The van der Waals surface area contributed by atoms with Gasteiger partial charge in [-0.2, -0.15) is 0 Å². The van der Waals surface area contributed by atoms with Gasteiger partial charge in [-0.25, -0.2) is 0 Å². The van der Waals surface area contributed by atoms with E-state index in [1.807, 2.05) is 20.8 Å². The van der Waals surface area contributed by atoms with Crippen LogP contribution in [0.1, 0.15) is 43.3 Å². The number of carbonyl (C=O) groups excluding carboxylic acids is 1. The fourth-order valence-electron chi connectivity index (χ4n) is 1.93. The Morgan fingerprint density at radius 2 is 2.05 bits per heavy atom. The zero-order valence-electron chi connectivity index (χ0n) is 12.1. The Bertz CT molecular complexity index is 547. The Kier molecular flexibility index (Phi) is 5.42. The van der Waals surface area contributed by atoms with Crippen LogP contribution in [0.25, 0.3) is 0 Å². The Balaban J connectivity index is 2.78. The predicted molar refractivity (Wildman–Crippen MR) is 78.6 cm³/mol. The first-order valence-corrected chi connectivity index (χ1v) is 7.17. The summed E-state index contributed by atoms with van der Waals surface area (Å²) in [5.41, 5.74) is -0.144. The molecule has 0 bridgehead atoms. The summed E-state index contributed by atoms with van der Waals surface area (Å²) in [7, 11) is 0. The lowest BCUT2D eigenvalue weighted by atomic mass is 9.87. The normalized spacial score (nSPS) is 12.7. The SMILES string of the molecule is CC(C)(C)CC(CC(=O)O)NC(=O)c1ccc([N+](=O)[O-])s1. The second-order valence-corrected chi connectivity index (χ2v) is 6.99. The highest BCUT2D eigenvalue weighted by molar-refractivity contribution is 7.17. The topological polar surface area (TPSA) is 110 Å². The first-order valence-electron chi connectivity index (χ1n) is 6.35. The number of hydrogen-bond donors (Lipinski definition) is 2. The number of carboxylic acids is 1. The third-order valence-corrected chi connectivity index (χ3v) is 3.65. The van der Waals surface area contributed by atoms with E-state index in [9.17, 15) is 19.7 Å². The first kappa shape index (κ1) is 17.1. The van der Waals surface area contributed by atoms with Gasteiger partial charge in [0.05, 0.1) is 16.2 Å². The summed E-state index contributed by atoms with van der Waals surface area (Å²) in [6.45, 7) is 5.85. The van der Waals surface area contributed by atoms with Gasteiger partial charge in [0.2, 0.25) is 0 Å². The number of carboxylic acid groups (broad SMARTS) is 1. The van der Waals surface area contributed by atoms with Gasteiger partial charge in [-0.05, 0) is 17.9 Å². The van der Waals surface area contributed by atoms with Crippen LogP contribution in [-0.2, 0) is 4.79 Å². The maximum absolute atomic E-state index is 12.0. The summed E-state index contributed by atoms with van der Waals surface area (Å²) in [4.78, 5) is 33.1. The number of amides is 1. The van der Waals surface area contributed by atoms with Crippen LogP contribution in [0.2, 0.25) is 0 Å². The highest BCUT2D eigenvalue weighted by atomic mass is 32.1. The number of nitro groups is 1.